The van der Waals surface area contributed by atoms with E-state index < -0.39 is 0 Å². The Kier molecular flexibility index (Phi) is 3.16. The molecule has 19 heavy (non-hydrogen) atoms. The number of carbonyl (C=O) groups is 1. The Morgan fingerprint density at radius 1 is 1.16 bits per heavy atom. The number of piperidine rings is 1. The smallest absolute Gasteiger partial charge is 0.226 e. The lowest BCUT2D eigenvalue weighted by Gasteiger charge is -2.39. The first-order valence-electron chi connectivity index (χ1n) is 8.01. The molecule has 2 bridgehead atoms. The highest BCUT2D eigenvalue weighted by atomic mass is 16.2. The molecule has 3 fully saturated rings. The van der Waals surface area contributed by atoms with Crippen molar-refractivity contribution in [2.75, 3.05) is 19.6 Å². The number of amides is 1. The minimum absolute atomic E-state index is 0.316. The fraction of sp³-hybridized carbons (Fsp3) is 0.938. The van der Waals surface area contributed by atoms with Crippen LogP contribution in [0.3, 0.4) is 0 Å². The molecule has 0 aromatic heterocycles. The van der Waals surface area contributed by atoms with E-state index in [1.165, 1.54) is 19.3 Å². The second-order valence-corrected chi connectivity index (χ2v) is 8.32. The molecular formula is C16H29N2O+. The van der Waals surface area contributed by atoms with Gasteiger partial charge in [-0.15, -0.1) is 0 Å². The number of hydrogen-bond donors (Lipinski definition) is 1. The molecule has 1 aliphatic carbocycles. The molecule has 2 heterocycles. The van der Waals surface area contributed by atoms with E-state index >= 15 is 0 Å². The third-order valence-electron chi connectivity index (χ3n) is 5.49. The highest BCUT2D eigenvalue weighted by Crippen LogP contribution is 2.52. The summed E-state index contributed by atoms with van der Waals surface area (Å²) >= 11 is 0. The van der Waals surface area contributed by atoms with Crippen LogP contribution in [0.2, 0.25) is 0 Å². The number of nitrogens with zero attached hydrogens (tertiary/aromatic N) is 1. The number of rotatable bonds is 1. The minimum atomic E-state index is 0.316. The molecule has 1 amide bonds. The second kappa shape index (κ2) is 4.47. The van der Waals surface area contributed by atoms with Crippen LogP contribution in [0, 0.1) is 16.7 Å². The van der Waals surface area contributed by atoms with Crippen LogP contribution in [-0.4, -0.2) is 36.5 Å². The molecule has 0 aromatic rings. The summed E-state index contributed by atoms with van der Waals surface area (Å²) in [4.78, 5) is 15.1. The van der Waals surface area contributed by atoms with Gasteiger partial charge in [0.05, 0.1) is 13.1 Å². The van der Waals surface area contributed by atoms with Crippen LogP contribution in [0.25, 0.3) is 0 Å². The van der Waals surface area contributed by atoms with Crippen LogP contribution >= 0.6 is 0 Å². The third kappa shape index (κ3) is 2.54. The molecule has 3 heteroatoms. The monoisotopic (exact) mass is 265 g/mol. The lowest BCUT2D eigenvalue weighted by atomic mass is 9.65. The number of quaternary nitrogens is 1. The first-order valence-corrected chi connectivity index (χ1v) is 8.01. The van der Waals surface area contributed by atoms with Gasteiger partial charge in [0.1, 0.15) is 0 Å². The molecule has 2 N–H and O–H groups in total. The molecule has 108 valence electrons. The second-order valence-electron chi connectivity index (χ2n) is 8.32. The van der Waals surface area contributed by atoms with Gasteiger partial charge in [0, 0.05) is 31.3 Å². The van der Waals surface area contributed by atoms with E-state index in [9.17, 15) is 4.79 Å². The lowest BCUT2D eigenvalue weighted by Crippen LogP contribution is -2.86. The minimum Gasteiger partial charge on any atom is -0.346 e. The SMILES string of the molecule is CC1(C)C[C@H]2C[C@](C)(CN2C(=O)C2CC[NH2+]CC2)C1. The zero-order valence-electron chi connectivity index (χ0n) is 12.7. The predicted octanol–water partition coefficient (Wildman–Crippen LogP) is 1.39. The van der Waals surface area contributed by atoms with Crippen molar-refractivity contribution in [3.63, 3.8) is 0 Å². The van der Waals surface area contributed by atoms with Gasteiger partial charge in [-0.05, 0) is 30.1 Å². The van der Waals surface area contributed by atoms with Crippen molar-refractivity contribution in [1.82, 2.24) is 4.90 Å². The molecule has 0 spiro atoms. The Morgan fingerprint density at radius 2 is 1.84 bits per heavy atom. The first kappa shape index (κ1) is 13.4. The molecule has 2 saturated heterocycles. The Balaban J connectivity index is 1.74. The number of hydrogen-bond acceptors (Lipinski definition) is 1. The molecule has 1 saturated carbocycles. The molecule has 2 aliphatic heterocycles. The van der Waals surface area contributed by atoms with Gasteiger partial charge in [-0.3, -0.25) is 4.79 Å². The van der Waals surface area contributed by atoms with Crippen LogP contribution in [0.4, 0.5) is 0 Å². The van der Waals surface area contributed by atoms with Gasteiger partial charge in [0.2, 0.25) is 5.91 Å². The van der Waals surface area contributed by atoms with Crippen molar-refractivity contribution in [2.24, 2.45) is 16.7 Å². The maximum Gasteiger partial charge on any atom is 0.226 e. The molecule has 3 aliphatic rings. The summed E-state index contributed by atoms with van der Waals surface area (Å²) in [5, 5.41) is 2.34. The van der Waals surface area contributed by atoms with E-state index in [1.807, 2.05) is 0 Å². The zero-order chi connectivity index (χ0) is 13.7. The van der Waals surface area contributed by atoms with Crippen LogP contribution in [0.15, 0.2) is 0 Å². The Morgan fingerprint density at radius 3 is 2.53 bits per heavy atom. The summed E-state index contributed by atoms with van der Waals surface area (Å²) in [6.07, 6.45) is 5.89. The number of fused-ring (bicyclic) bond motifs is 2. The normalized spacial score (nSPS) is 38.5. The van der Waals surface area contributed by atoms with E-state index in [4.69, 9.17) is 0 Å². The van der Waals surface area contributed by atoms with E-state index in [2.05, 4.69) is 31.0 Å². The summed E-state index contributed by atoms with van der Waals surface area (Å²) < 4.78 is 0. The summed E-state index contributed by atoms with van der Waals surface area (Å²) in [6.45, 7) is 10.4. The van der Waals surface area contributed by atoms with Gasteiger partial charge in [-0.1, -0.05) is 20.8 Å². The van der Waals surface area contributed by atoms with Crippen molar-refractivity contribution in [1.29, 1.82) is 0 Å². The van der Waals surface area contributed by atoms with E-state index in [1.54, 1.807) is 0 Å². The summed E-state index contributed by atoms with van der Waals surface area (Å²) in [7, 11) is 0. The Bertz CT molecular complexity index is 373. The molecular weight excluding hydrogens is 236 g/mol. The van der Waals surface area contributed by atoms with E-state index in [0.29, 0.717) is 28.7 Å². The molecule has 0 unspecified atom stereocenters. The van der Waals surface area contributed by atoms with Gasteiger partial charge in [-0.2, -0.15) is 0 Å². The van der Waals surface area contributed by atoms with Gasteiger partial charge < -0.3 is 10.2 Å². The average Bonchev–Trinajstić information content (AvgIpc) is 2.59. The van der Waals surface area contributed by atoms with Crippen LogP contribution in [0.5, 0.6) is 0 Å². The molecule has 0 radical (unpaired) electrons. The Labute approximate surface area is 117 Å². The van der Waals surface area contributed by atoms with E-state index in [0.717, 1.165) is 32.5 Å². The van der Waals surface area contributed by atoms with Gasteiger partial charge in [0.25, 0.3) is 0 Å². The standard InChI is InChI=1S/C16H28N2O/c1-15(2)8-13-9-16(3,10-15)11-18(13)14(19)12-4-6-17-7-5-12/h12-13,17H,4-11H2,1-3H3/p+1/t13-,16-/m0/s1. The molecule has 0 aromatic carbocycles. The van der Waals surface area contributed by atoms with Gasteiger partial charge in [-0.25, -0.2) is 0 Å². The maximum atomic E-state index is 12.8. The summed E-state index contributed by atoms with van der Waals surface area (Å²) in [6, 6.07) is 0.521. The number of likely N-dealkylation sites (tertiary alicyclic amines) is 1. The van der Waals surface area contributed by atoms with Crippen molar-refractivity contribution in [3.8, 4) is 0 Å². The molecule has 3 rings (SSSR count). The summed E-state index contributed by atoms with van der Waals surface area (Å²) in [5.41, 5.74) is 0.788. The quantitative estimate of drug-likeness (QED) is 0.764. The number of nitrogens with two attached hydrogens (primary N) is 1. The maximum absolute atomic E-state index is 12.8. The van der Waals surface area contributed by atoms with Crippen molar-refractivity contribution in [3.05, 3.63) is 0 Å². The van der Waals surface area contributed by atoms with E-state index in [-0.39, 0.29) is 0 Å². The third-order valence-corrected chi connectivity index (χ3v) is 5.49. The first-order chi connectivity index (χ1) is 8.89. The molecule has 3 nitrogen and oxygen atoms in total. The molecule has 2 atom stereocenters. The Hall–Kier alpha value is -0.570. The van der Waals surface area contributed by atoms with Crippen molar-refractivity contribution >= 4 is 5.91 Å². The van der Waals surface area contributed by atoms with Crippen LogP contribution in [-0.2, 0) is 4.79 Å². The fourth-order valence-corrected chi connectivity index (χ4v) is 5.13. The number of carbonyl (C=O) groups excluding carboxylic acids is 1. The average molecular weight is 265 g/mol. The van der Waals surface area contributed by atoms with Gasteiger partial charge >= 0.3 is 0 Å². The van der Waals surface area contributed by atoms with Gasteiger partial charge in [0.15, 0.2) is 0 Å². The summed E-state index contributed by atoms with van der Waals surface area (Å²) in [5.74, 6) is 0.788. The topological polar surface area (TPSA) is 36.9 Å². The zero-order valence-corrected chi connectivity index (χ0v) is 12.7. The van der Waals surface area contributed by atoms with Crippen molar-refractivity contribution in [2.45, 2.75) is 58.9 Å². The van der Waals surface area contributed by atoms with Crippen LogP contribution < -0.4 is 5.32 Å². The van der Waals surface area contributed by atoms with Crippen LogP contribution in [0.1, 0.15) is 52.9 Å². The fourth-order valence-electron chi connectivity index (χ4n) is 5.13. The lowest BCUT2D eigenvalue weighted by molar-refractivity contribution is -0.664. The highest BCUT2D eigenvalue weighted by molar-refractivity contribution is 5.79. The highest BCUT2D eigenvalue weighted by Gasteiger charge is 2.51. The van der Waals surface area contributed by atoms with Crippen molar-refractivity contribution < 1.29 is 10.1 Å². The largest absolute Gasteiger partial charge is 0.346 e. The predicted molar refractivity (Wildman–Crippen MR) is 75.6 cm³/mol.